The molecule has 1 aliphatic rings. The highest BCUT2D eigenvalue weighted by Crippen LogP contribution is 2.29. The van der Waals surface area contributed by atoms with Crippen LogP contribution in [0.3, 0.4) is 0 Å². The third kappa shape index (κ3) is 5.58. The number of anilines is 1. The third-order valence-electron chi connectivity index (χ3n) is 4.77. The van der Waals surface area contributed by atoms with Gasteiger partial charge in [0.2, 0.25) is 5.88 Å². The largest absolute Gasteiger partial charge is 0.439 e. The fraction of sp³-hybridized carbons (Fsp3) is 0.400. The lowest BCUT2D eigenvalue weighted by atomic mass is 9.91. The number of methoxy groups -OCH3 is 1. The van der Waals surface area contributed by atoms with Crippen LogP contribution in [0, 0.1) is 13.8 Å². The molecule has 1 aromatic heterocycles. The van der Waals surface area contributed by atoms with E-state index in [1.807, 2.05) is 44.2 Å². The number of nitrogens with one attached hydrogen (secondary N) is 2. The molecule has 0 bridgehead atoms. The number of aryl methyl sites for hydroxylation is 2. The zero-order valence-electron chi connectivity index (χ0n) is 16.3. The van der Waals surface area contributed by atoms with E-state index >= 15 is 0 Å². The summed E-state index contributed by atoms with van der Waals surface area (Å²) in [5.41, 5.74) is 1.94. The Kier molecular flexibility index (Phi) is 9.17. The van der Waals surface area contributed by atoms with E-state index in [4.69, 9.17) is 9.47 Å². The molecule has 0 radical (unpaired) electrons. The first kappa shape index (κ1) is 24.2. The number of carbonyl (C=O) groups excluding carboxylic acids is 1. The zero-order chi connectivity index (χ0) is 18.6. The third-order valence-corrected chi connectivity index (χ3v) is 4.77. The van der Waals surface area contributed by atoms with Crippen LogP contribution in [0.4, 0.5) is 5.69 Å². The maximum absolute atomic E-state index is 12.8. The standard InChI is InChI=1S/C20H25N3O3.2ClH/c1-14-6-9-22-18(12-14)26-17-13-16(5-4-15(17)2)23-19(24)20(25-3)7-10-21-11-8-20;;/h4-6,9,12-13,21H,7-8,10-11H2,1-3H3,(H,23,24);2*1H. The monoisotopic (exact) mass is 427 g/mol. The van der Waals surface area contributed by atoms with Crippen LogP contribution < -0.4 is 15.4 Å². The Morgan fingerprint density at radius 3 is 2.50 bits per heavy atom. The van der Waals surface area contributed by atoms with Crippen molar-refractivity contribution in [1.29, 1.82) is 0 Å². The van der Waals surface area contributed by atoms with Crippen molar-refractivity contribution < 1.29 is 14.3 Å². The molecule has 154 valence electrons. The van der Waals surface area contributed by atoms with Gasteiger partial charge in [-0.15, -0.1) is 24.8 Å². The quantitative estimate of drug-likeness (QED) is 0.752. The Morgan fingerprint density at radius 2 is 1.86 bits per heavy atom. The summed E-state index contributed by atoms with van der Waals surface area (Å²) >= 11 is 0. The second-order valence-corrected chi connectivity index (χ2v) is 6.66. The molecule has 0 unspecified atom stereocenters. The van der Waals surface area contributed by atoms with E-state index < -0.39 is 5.60 Å². The molecule has 1 saturated heterocycles. The predicted octanol–water partition coefficient (Wildman–Crippen LogP) is 4.04. The average Bonchev–Trinajstić information content (AvgIpc) is 2.65. The number of carbonyl (C=O) groups is 1. The van der Waals surface area contributed by atoms with Crippen LogP contribution in [0.5, 0.6) is 11.6 Å². The minimum Gasteiger partial charge on any atom is -0.439 e. The molecule has 28 heavy (non-hydrogen) atoms. The molecule has 0 aliphatic carbocycles. The van der Waals surface area contributed by atoms with Crippen molar-refractivity contribution in [3.63, 3.8) is 0 Å². The molecule has 3 rings (SSSR count). The van der Waals surface area contributed by atoms with Gasteiger partial charge >= 0.3 is 0 Å². The number of pyridine rings is 1. The minimum atomic E-state index is -0.782. The molecule has 2 heterocycles. The van der Waals surface area contributed by atoms with Crippen LogP contribution in [0.1, 0.15) is 24.0 Å². The van der Waals surface area contributed by atoms with Crippen LogP contribution in [0.15, 0.2) is 36.5 Å². The van der Waals surface area contributed by atoms with Gasteiger partial charge in [-0.1, -0.05) is 6.07 Å². The van der Waals surface area contributed by atoms with Gasteiger partial charge in [0, 0.05) is 31.1 Å². The topological polar surface area (TPSA) is 72.5 Å². The first-order chi connectivity index (χ1) is 12.5. The maximum atomic E-state index is 12.8. The number of benzene rings is 1. The lowest BCUT2D eigenvalue weighted by molar-refractivity contribution is -0.140. The maximum Gasteiger partial charge on any atom is 0.256 e. The van der Waals surface area contributed by atoms with E-state index in [0.717, 1.165) is 24.2 Å². The van der Waals surface area contributed by atoms with Gasteiger partial charge in [0.1, 0.15) is 11.4 Å². The number of nitrogens with zero attached hydrogens (tertiary/aromatic N) is 1. The van der Waals surface area contributed by atoms with Crippen molar-refractivity contribution in [2.24, 2.45) is 0 Å². The molecule has 8 heteroatoms. The SMILES string of the molecule is COC1(C(=O)Nc2ccc(C)c(Oc3cc(C)ccn3)c2)CCNCC1.Cl.Cl. The van der Waals surface area contributed by atoms with Gasteiger partial charge in [-0.05, 0) is 63.0 Å². The number of amides is 1. The van der Waals surface area contributed by atoms with Crippen molar-refractivity contribution in [2.45, 2.75) is 32.3 Å². The van der Waals surface area contributed by atoms with Gasteiger partial charge in [-0.2, -0.15) is 0 Å². The van der Waals surface area contributed by atoms with Crippen molar-refractivity contribution in [3.05, 3.63) is 47.7 Å². The molecule has 2 aromatic rings. The van der Waals surface area contributed by atoms with Crippen molar-refractivity contribution in [2.75, 3.05) is 25.5 Å². The fourth-order valence-corrected chi connectivity index (χ4v) is 3.06. The molecular formula is C20H27Cl2N3O3. The normalized spacial score (nSPS) is 15.0. The van der Waals surface area contributed by atoms with Crippen LogP contribution in [0.25, 0.3) is 0 Å². The number of hydrogen-bond donors (Lipinski definition) is 2. The predicted molar refractivity (Wildman–Crippen MR) is 115 cm³/mol. The number of halogens is 2. The van der Waals surface area contributed by atoms with Gasteiger partial charge < -0.3 is 20.1 Å². The first-order valence-electron chi connectivity index (χ1n) is 8.81. The second kappa shape index (κ2) is 10.6. The fourth-order valence-electron chi connectivity index (χ4n) is 3.06. The van der Waals surface area contributed by atoms with Crippen LogP contribution in [-0.4, -0.2) is 36.7 Å². The lowest BCUT2D eigenvalue weighted by Gasteiger charge is -2.34. The van der Waals surface area contributed by atoms with Gasteiger partial charge in [-0.3, -0.25) is 4.79 Å². The van der Waals surface area contributed by atoms with Crippen LogP contribution in [-0.2, 0) is 9.53 Å². The Bertz CT molecular complexity index is 796. The van der Waals surface area contributed by atoms with Crippen molar-refractivity contribution in [3.8, 4) is 11.6 Å². The summed E-state index contributed by atoms with van der Waals surface area (Å²) in [7, 11) is 1.60. The molecule has 0 spiro atoms. The number of hydrogen-bond acceptors (Lipinski definition) is 5. The van der Waals surface area contributed by atoms with E-state index in [1.165, 1.54) is 0 Å². The van der Waals surface area contributed by atoms with Gasteiger partial charge in [0.25, 0.3) is 5.91 Å². The Balaban J connectivity index is 0.00000196. The first-order valence-corrected chi connectivity index (χ1v) is 8.81. The molecule has 1 fully saturated rings. The summed E-state index contributed by atoms with van der Waals surface area (Å²) < 4.78 is 11.5. The summed E-state index contributed by atoms with van der Waals surface area (Å²) in [4.78, 5) is 17.0. The Hall–Kier alpha value is -1.86. The molecule has 1 aliphatic heterocycles. The molecule has 2 N–H and O–H groups in total. The summed E-state index contributed by atoms with van der Waals surface area (Å²) in [6.45, 7) is 5.48. The Morgan fingerprint density at radius 1 is 1.14 bits per heavy atom. The lowest BCUT2D eigenvalue weighted by Crippen LogP contribution is -2.51. The number of aromatic nitrogens is 1. The van der Waals surface area contributed by atoms with E-state index in [1.54, 1.807) is 13.3 Å². The van der Waals surface area contributed by atoms with Gasteiger partial charge in [-0.25, -0.2) is 4.98 Å². The second-order valence-electron chi connectivity index (χ2n) is 6.66. The molecule has 0 saturated carbocycles. The number of rotatable bonds is 5. The van der Waals surface area contributed by atoms with Gasteiger partial charge in [0.15, 0.2) is 0 Å². The highest BCUT2D eigenvalue weighted by Gasteiger charge is 2.39. The average molecular weight is 428 g/mol. The van der Waals surface area contributed by atoms with Crippen molar-refractivity contribution >= 4 is 36.4 Å². The van der Waals surface area contributed by atoms with Gasteiger partial charge in [0.05, 0.1) is 0 Å². The highest BCUT2D eigenvalue weighted by molar-refractivity contribution is 5.97. The highest BCUT2D eigenvalue weighted by atomic mass is 35.5. The molecule has 1 amide bonds. The summed E-state index contributed by atoms with van der Waals surface area (Å²) in [5.74, 6) is 1.07. The summed E-state index contributed by atoms with van der Waals surface area (Å²) in [6.07, 6.45) is 3.01. The molecule has 1 aromatic carbocycles. The smallest absolute Gasteiger partial charge is 0.256 e. The number of ether oxygens (including phenoxy) is 2. The van der Waals surface area contributed by atoms with E-state index in [9.17, 15) is 4.79 Å². The van der Waals surface area contributed by atoms with E-state index in [2.05, 4.69) is 15.6 Å². The zero-order valence-corrected chi connectivity index (χ0v) is 17.9. The summed E-state index contributed by atoms with van der Waals surface area (Å²) in [6, 6.07) is 9.40. The molecular weight excluding hydrogens is 401 g/mol. The molecule has 6 nitrogen and oxygen atoms in total. The van der Waals surface area contributed by atoms with E-state index in [-0.39, 0.29) is 30.7 Å². The van der Waals surface area contributed by atoms with Crippen molar-refractivity contribution in [1.82, 2.24) is 10.3 Å². The van der Waals surface area contributed by atoms with Crippen LogP contribution >= 0.6 is 24.8 Å². The minimum absolute atomic E-state index is 0. The van der Waals surface area contributed by atoms with E-state index in [0.29, 0.717) is 30.2 Å². The molecule has 0 atom stereocenters. The summed E-state index contributed by atoms with van der Waals surface area (Å²) in [5, 5.41) is 6.23. The Labute approximate surface area is 178 Å². The number of piperidine rings is 1. The van der Waals surface area contributed by atoms with Crippen LogP contribution in [0.2, 0.25) is 0 Å².